The maximum atomic E-state index is 14.6. The molecule has 0 fully saturated rings. The van der Waals surface area contributed by atoms with Gasteiger partial charge < -0.3 is 4.42 Å². The van der Waals surface area contributed by atoms with Crippen molar-refractivity contribution in [2.75, 3.05) is 0 Å². The molecule has 0 spiro atoms. The van der Waals surface area contributed by atoms with E-state index in [1.54, 1.807) is 6.07 Å². The van der Waals surface area contributed by atoms with Gasteiger partial charge in [-0.2, -0.15) is 0 Å². The molecule has 2 aromatic carbocycles. The van der Waals surface area contributed by atoms with Crippen LogP contribution in [0, 0.1) is 25.5 Å². The molecule has 0 N–H and O–H groups in total. The number of hydrogen-bond acceptors (Lipinski definition) is 1. The van der Waals surface area contributed by atoms with Crippen molar-refractivity contribution >= 4 is 21.9 Å². The number of aryl methyl sites for hydroxylation is 3. The largest absolute Gasteiger partial charge is 0.455 e. The van der Waals surface area contributed by atoms with Crippen LogP contribution < -0.4 is 4.57 Å². The van der Waals surface area contributed by atoms with Crippen molar-refractivity contribution in [3.63, 3.8) is 0 Å². The van der Waals surface area contributed by atoms with E-state index in [0.29, 0.717) is 21.9 Å². The van der Waals surface area contributed by atoms with Gasteiger partial charge in [-0.1, -0.05) is 0 Å². The van der Waals surface area contributed by atoms with E-state index in [9.17, 15) is 8.78 Å². The van der Waals surface area contributed by atoms with Crippen LogP contribution in [0.2, 0.25) is 0 Å². The van der Waals surface area contributed by atoms with Crippen LogP contribution in [-0.4, -0.2) is 0 Å². The number of furan rings is 1. The molecule has 0 atom stereocenters. The fourth-order valence-electron chi connectivity index (χ4n) is 3.32. The highest BCUT2D eigenvalue weighted by Gasteiger charge is 2.23. The SMILES string of the molecule is Cc1ccc(-c2c(C)cc(F)c3c2oc2cc(F)ccc23)[n+](C)c1. The summed E-state index contributed by atoms with van der Waals surface area (Å²) in [4.78, 5) is 0. The van der Waals surface area contributed by atoms with Crippen LogP contribution in [-0.2, 0) is 7.05 Å². The summed E-state index contributed by atoms with van der Waals surface area (Å²) in [5.41, 5.74) is 4.45. The standard InChI is InChI=1S/C20H16F2NO/c1-11-4-7-16(23(3)10-11)18-12(2)8-15(22)19-14-6-5-13(21)9-17(14)24-20(18)19/h4-10H,1-3H3/q+1. The molecule has 0 saturated carbocycles. The number of halogens is 2. The molecule has 24 heavy (non-hydrogen) atoms. The quantitative estimate of drug-likeness (QED) is 0.452. The first-order valence-electron chi connectivity index (χ1n) is 7.73. The van der Waals surface area contributed by atoms with E-state index < -0.39 is 5.82 Å². The number of hydrogen-bond donors (Lipinski definition) is 0. The first-order chi connectivity index (χ1) is 11.5. The summed E-state index contributed by atoms with van der Waals surface area (Å²) in [6.07, 6.45) is 2.01. The molecule has 4 heteroatoms. The molecule has 4 rings (SSSR count). The Morgan fingerprint density at radius 1 is 1.00 bits per heavy atom. The summed E-state index contributed by atoms with van der Waals surface area (Å²) in [7, 11) is 1.94. The Bertz CT molecular complexity index is 1110. The molecule has 0 aliphatic heterocycles. The van der Waals surface area contributed by atoms with E-state index in [0.717, 1.165) is 22.4 Å². The van der Waals surface area contributed by atoms with Crippen molar-refractivity contribution in [2.24, 2.45) is 7.05 Å². The van der Waals surface area contributed by atoms with E-state index in [4.69, 9.17) is 4.42 Å². The second kappa shape index (κ2) is 5.13. The van der Waals surface area contributed by atoms with Gasteiger partial charge in [-0.25, -0.2) is 13.3 Å². The minimum atomic E-state index is -0.402. The van der Waals surface area contributed by atoms with Crippen LogP contribution in [0.5, 0.6) is 0 Å². The van der Waals surface area contributed by atoms with Gasteiger partial charge in [-0.05, 0) is 43.7 Å². The van der Waals surface area contributed by atoms with E-state index in [1.807, 2.05) is 43.8 Å². The topological polar surface area (TPSA) is 17.0 Å². The van der Waals surface area contributed by atoms with Gasteiger partial charge in [0.1, 0.15) is 24.3 Å². The Balaban J connectivity index is 2.17. The molecule has 2 heterocycles. The summed E-state index contributed by atoms with van der Waals surface area (Å²) >= 11 is 0. The molecule has 0 amide bonds. The number of benzene rings is 2. The second-order valence-corrected chi connectivity index (χ2v) is 6.20. The minimum Gasteiger partial charge on any atom is -0.455 e. The molecular weight excluding hydrogens is 308 g/mol. The van der Waals surface area contributed by atoms with E-state index in [2.05, 4.69) is 0 Å². The fraction of sp³-hybridized carbons (Fsp3) is 0.150. The van der Waals surface area contributed by atoms with Gasteiger partial charge in [0.05, 0.1) is 10.9 Å². The van der Waals surface area contributed by atoms with Crippen LogP contribution in [0.4, 0.5) is 8.78 Å². The van der Waals surface area contributed by atoms with Crippen molar-refractivity contribution < 1.29 is 17.8 Å². The highest BCUT2D eigenvalue weighted by Crippen LogP contribution is 2.38. The van der Waals surface area contributed by atoms with Crippen molar-refractivity contribution in [2.45, 2.75) is 13.8 Å². The monoisotopic (exact) mass is 324 g/mol. The summed E-state index contributed by atoms with van der Waals surface area (Å²) < 4.78 is 36.0. The molecule has 0 bridgehead atoms. The maximum Gasteiger partial charge on any atom is 0.216 e. The molecule has 0 unspecified atom stereocenters. The zero-order chi connectivity index (χ0) is 17.0. The minimum absolute atomic E-state index is 0.352. The summed E-state index contributed by atoms with van der Waals surface area (Å²) in [6.45, 7) is 3.87. The number of aromatic nitrogens is 1. The van der Waals surface area contributed by atoms with E-state index >= 15 is 0 Å². The van der Waals surface area contributed by atoms with Crippen LogP contribution >= 0.6 is 0 Å². The number of fused-ring (bicyclic) bond motifs is 3. The number of nitrogens with zero attached hydrogens (tertiary/aromatic N) is 1. The first kappa shape index (κ1) is 14.8. The predicted octanol–water partition coefficient (Wildman–Crippen LogP) is 4.97. The van der Waals surface area contributed by atoms with Gasteiger partial charge in [0, 0.05) is 23.1 Å². The molecule has 0 saturated heterocycles. The lowest BCUT2D eigenvalue weighted by Crippen LogP contribution is -2.31. The number of rotatable bonds is 1. The zero-order valence-electron chi connectivity index (χ0n) is 13.7. The predicted molar refractivity (Wildman–Crippen MR) is 89.7 cm³/mol. The third kappa shape index (κ3) is 2.10. The molecular formula is C20H16F2NO+. The van der Waals surface area contributed by atoms with Crippen molar-refractivity contribution in [3.05, 3.63) is 65.4 Å². The third-order valence-electron chi connectivity index (χ3n) is 4.39. The average Bonchev–Trinajstić information content (AvgIpc) is 2.87. The molecule has 2 aromatic heterocycles. The second-order valence-electron chi connectivity index (χ2n) is 6.20. The fourth-order valence-corrected chi connectivity index (χ4v) is 3.32. The lowest BCUT2D eigenvalue weighted by Gasteiger charge is -2.06. The van der Waals surface area contributed by atoms with Crippen molar-refractivity contribution in [1.82, 2.24) is 0 Å². The van der Waals surface area contributed by atoms with Crippen LogP contribution in [0.3, 0.4) is 0 Å². The normalized spacial score (nSPS) is 11.5. The van der Waals surface area contributed by atoms with Crippen LogP contribution in [0.1, 0.15) is 11.1 Å². The number of pyridine rings is 1. The Hall–Kier alpha value is -2.75. The average molecular weight is 324 g/mol. The zero-order valence-corrected chi connectivity index (χ0v) is 13.7. The van der Waals surface area contributed by atoms with Gasteiger partial charge in [-0.15, -0.1) is 0 Å². The van der Waals surface area contributed by atoms with Crippen molar-refractivity contribution in [1.29, 1.82) is 0 Å². The van der Waals surface area contributed by atoms with E-state index in [1.165, 1.54) is 18.2 Å². The summed E-state index contributed by atoms with van der Waals surface area (Å²) in [6, 6.07) is 9.68. The lowest BCUT2D eigenvalue weighted by atomic mass is 10.00. The maximum absolute atomic E-state index is 14.6. The van der Waals surface area contributed by atoms with Crippen molar-refractivity contribution in [3.8, 4) is 11.3 Å². The third-order valence-corrected chi connectivity index (χ3v) is 4.39. The molecule has 2 nitrogen and oxygen atoms in total. The molecule has 120 valence electrons. The molecule has 0 radical (unpaired) electrons. The molecule has 0 aliphatic rings. The van der Waals surface area contributed by atoms with Gasteiger partial charge >= 0.3 is 0 Å². The van der Waals surface area contributed by atoms with E-state index in [-0.39, 0.29) is 5.82 Å². The first-order valence-corrected chi connectivity index (χ1v) is 7.73. The van der Waals surface area contributed by atoms with Gasteiger partial charge in [0.15, 0.2) is 11.8 Å². The highest BCUT2D eigenvalue weighted by atomic mass is 19.1. The molecule has 0 aliphatic carbocycles. The lowest BCUT2D eigenvalue weighted by molar-refractivity contribution is -0.660. The summed E-state index contributed by atoms with van der Waals surface area (Å²) in [5, 5.41) is 0.978. The Morgan fingerprint density at radius 2 is 1.79 bits per heavy atom. The van der Waals surface area contributed by atoms with Gasteiger partial charge in [-0.3, -0.25) is 0 Å². The molecule has 4 aromatic rings. The van der Waals surface area contributed by atoms with Gasteiger partial charge in [0.25, 0.3) is 0 Å². The van der Waals surface area contributed by atoms with Gasteiger partial charge in [0.2, 0.25) is 5.69 Å². The highest BCUT2D eigenvalue weighted by molar-refractivity contribution is 6.10. The Kier molecular flexibility index (Phi) is 3.17. The van der Waals surface area contributed by atoms with Crippen LogP contribution in [0.15, 0.2) is 47.0 Å². The smallest absolute Gasteiger partial charge is 0.216 e. The Morgan fingerprint density at radius 3 is 2.54 bits per heavy atom. The van der Waals surface area contributed by atoms with Crippen LogP contribution in [0.25, 0.3) is 33.2 Å². The Labute approximate surface area is 138 Å². The summed E-state index contributed by atoms with van der Waals surface area (Å²) in [5.74, 6) is -0.757.